The van der Waals surface area contributed by atoms with Crippen LogP contribution >= 0.6 is 0 Å². The summed E-state index contributed by atoms with van der Waals surface area (Å²) in [5.74, 6) is -1.76. The first-order valence-corrected chi connectivity index (χ1v) is 8.28. The molecule has 1 rings (SSSR count). The van der Waals surface area contributed by atoms with E-state index in [-0.39, 0.29) is 13.0 Å². The largest absolute Gasteiger partial charge is 0.463 e. The summed E-state index contributed by atoms with van der Waals surface area (Å²) in [5.41, 5.74) is 0. The zero-order valence-electron chi connectivity index (χ0n) is 15.3. The van der Waals surface area contributed by atoms with Crippen LogP contribution < -0.4 is 5.32 Å². The number of ether oxygens (including phenoxy) is 5. The molecule has 0 bridgehead atoms. The molecular weight excluding hydrogens is 350 g/mol. The molecule has 148 valence electrons. The molecule has 2 amide bonds. The molecule has 1 aliphatic rings. The summed E-state index contributed by atoms with van der Waals surface area (Å²) in [4.78, 5) is 45.3. The van der Waals surface area contributed by atoms with Gasteiger partial charge in [-0.3, -0.25) is 19.7 Å². The highest BCUT2D eigenvalue weighted by Crippen LogP contribution is 2.27. The van der Waals surface area contributed by atoms with Crippen LogP contribution in [-0.2, 0) is 38.1 Å². The summed E-state index contributed by atoms with van der Waals surface area (Å²) >= 11 is 0. The highest BCUT2D eigenvalue weighted by atomic mass is 16.7. The van der Waals surface area contributed by atoms with Crippen LogP contribution in [0.3, 0.4) is 0 Å². The second-order valence-electron chi connectivity index (χ2n) is 5.71. The fourth-order valence-corrected chi connectivity index (χ4v) is 2.35. The van der Waals surface area contributed by atoms with Crippen molar-refractivity contribution in [1.82, 2.24) is 5.32 Å². The lowest BCUT2D eigenvalue weighted by molar-refractivity contribution is -0.262. The number of alkyl carbamates (subject to hydrolysis) is 1. The average molecular weight is 375 g/mol. The fraction of sp³-hybridized carbons (Fsp3) is 0.750. The van der Waals surface area contributed by atoms with E-state index in [4.69, 9.17) is 23.7 Å². The molecule has 1 aliphatic heterocycles. The minimum Gasteiger partial charge on any atom is -0.463 e. The van der Waals surface area contributed by atoms with Crippen LogP contribution in [0.2, 0.25) is 0 Å². The summed E-state index contributed by atoms with van der Waals surface area (Å²) in [6.45, 7) is 5.67. The van der Waals surface area contributed by atoms with Gasteiger partial charge in [0.1, 0.15) is 18.8 Å². The Morgan fingerprint density at radius 1 is 1.08 bits per heavy atom. The molecule has 10 heteroatoms. The quantitative estimate of drug-likeness (QED) is 0.504. The third kappa shape index (κ3) is 7.79. The molecule has 0 aromatic carbocycles. The fourth-order valence-electron chi connectivity index (χ4n) is 2.35. The van der Waals surface area contributed by atoms with E-state index in [2.05, 4.69) is 0 Å². The van der Waals surface area contributed by atoms with E-state index < -0.39 is 48.5 Å². The maximum Gasteiger partial charge on any atom is 0.414 e. The predicted molar refractivity (Wildman–Crippen MR) is 85.8 cm³/mol. The molecule has 1 fully saturated rings. The van der Waals surface area contributed by atoms with E-state index in [0.717, 1.165) is 13.3 Å². The van der Waals surface area contributed by atoms with E-state index >= 15 is 0 Å². The van der Waals surface area contributed by atoms with Crippen molar-refractivity contribution in [2.45, 2.75) is 65.1 Å². The van der Waals surface area contributed by atoms with Gasteiger partial charge in [0.2, 0.25) is 5.91 Å². The minimum atomic E-state index is -1.02. The van der Waals surface area contributed by atoms with Gasteiger partial charge in [0.05, 0.1) is 0 Å². The topological polar surface area (TPSA) is 126 Å². The van der Waals surface area contributed by atoms with Gasteiger partial charge in [0.25, 0.3) is 0 Å². The smallest absolute Gasteiger partial charge is 0.414 e. The highest BCUT2D eigenvalue weighted by Gasteiger charge is 2.44. The normalized spacial score (nSPS) is 25.1. The lowest BCUT2D eigenvalue weighted by atomic mass is 10.0. The Morgan fingerprint density at radius 2 is 1.77 bits per heavy atom. The summed E-state index contributed by atoms with van der Waals surface area (Å²) in [7, 11) is 0. The van der Waals surface area contributed by atoms with Gasteiger partial charge >= 0.3 is 18.0 Å². The van der Waals surface area contributed by atoms with Crippen LogP contribution in [0, 0.1) is 0 Å². The molecule has 1 saturated heterocycles. The monoisotopic (exact) mass is 375 g/mol. The summed E-state index contributed by atoms with van der Waals surface area (Å²) in [6, 6.07) is 0. The second-order valence-corrected chi connectivity index (χ2v) is 5.71. The van der Waals surface area contributed by atoms with Gasteiger partial charge in [-0.2, -0.15) is 0 Å². The van der Waals surface area contributed by atoms with Gasteiger partial charge in [-0.05, 0) is 6.42 Å². The average Bonchev–Trinajstić information content (AvgIpc) is 2.52. The van der Waals surface area contributed by atoms with Crippen molar-refractivity contribution in [3.8, 4) is 0 Å². The lowest BCUT2D eigenvalue weighted by Crippen LogP contribution is -2.55. The van der Waals surface area contributed by atoms with Gasteiger partial charge in [0.15, 0.2) is 12.4 Å². The molecule has 0 aromatic heterocycles. The van der Waals surface area contributed by atoms with E-state index in [1.54, 1.807) is 0 Å². The molecular formula is C16H25NO9. The molecule has 4 unspecified atom stereocenters. The summed E-state index contributed by atoms with van der Waals surface area (Å²) in [5, 5.41) is 1.98. The predicted octanol–water partition coefficient (Wildman–Crippen LogP) is 0.664. The van der Waals surface area contributed by atoms with Crippen LogP contribution in [-0.4, -0.2) is 61.8 Å². The number of esters is 2. The molecule has 0 saturated carbocycles. The van der Waals surface area contributed by atoms with E-state index in [9.17, 15) is 19.2 Å². The van der Waals surface area contributed by atoms with Crippen molar-refractivity contribution in [3.63, 3.8) is 0 Å². The number of carbonyl (C=O) groups excluding carboxylic acids is 4. The van der Waals surface area contributed by atoms with Gasteiger partial charge in [-0.25, -0.2) is 4.79 Å². The molecule has 10 nitrogen and oxygen atoms in total. The molecule has 0 spiro atoms. The van der Waals surface area contributed by atoms with Crippen LogP contribution in [0.15, 0.2) is 0 Å². The van der Waals surface area contributed by atoms with Gasteiger partial charge < -0.3 is 23.7 Å². The highest BCUT2D eigenvalue weighted by molar-refractivity contribution is 5.90. The molecule has 26 heavy (non-hydrogen) atoms. The van der Waals surface area contributed by atoms with Gasteiger partial charge in [-0.1, -0.05) is 6.92 Å². The number of amides is 2. The molecule has 0 aromatic rings. The van der Waals surface area contributed by atoms with Crippen molar-refractivity contribution < 1.29 is 42.9 Å². The van der Waals surface area contributed by atoms with Crippen LogP contribution in [0.4, 0.5) is 4.79 Å². The number of imide groups is 1. The number of rotatable bonds is 7. The minimum absolute atomic E-state index is 0.0832. The Labute approximate surface area is 151 Å². The molecule has 1 heterocycles. The van der Waals surface area contributed by atoms with Crippen molar-refractivity contribution in [2.75, 3.05) is 13.2 Å². The van der Waals surface area contributed by atoms with Gasteiger partial charge in [0, 0.05) is 33.8 Å². The second kappa shape index (κ2) is 10.7. The van der Waals surface area contributed by atoms with E-state index in [1.165, 1.54) is 13.8 Å². The first-order chi connectivity index (χ1) is 12.2. The third-order valence-corrected chi connectivity index (χ3v) is 3.28. The van der Waals surface area contributed by atoms with Gasteiger partial charge in [-0.15, -0.1) is 0 Å². The molecule has 0 aliphatic carbocycles. The molecule has 0 radical (unpaired) electrons. The van der Waals surface area contributed by atoms with Crippen molar-refractivity contribution >= 4 is 23.9 Å². The number of hydrogen-bond donors (Lipinski definition) is 1. The molecule has 1 N–H and O–H groups in total. The number of hydrogen-bond acceptors (Lipinski definition) is 9. The Balaban J connectivity index is 2.94. The van der Waals surface area contributed by atoms with Crippen LogP contribution in [0.5, 0.6) is 0 Å². The number of nitrogens with one attached hydrogen (secondary N) is 1. The zero-order chi connectivity index (χ0) is 19.7. The van der Waals surface area contributed by atoms with Crippen molar-refractivity contribution in [3.05, 3.63) is 0 Å². The maximum absolute atomic E-state index is 11.8. The third-order valence-electron chi connectivity index (χ3n) is 3.28. The maximum atomic E-state index is 11.8. The Hall–Kier alpha value is -2.20. The van der Waals surface area contributed by atoms with Crippen molar-refractivity contribution in [1.29, 1.82) is 0 Å². The van der Waals surface area contributed by atoms with E-state index in [0.29, 0.717) is 6.61 Å². The van der Waals surface area contributed by atoms with E-state index in [1.807, 2.05) is 12.2 Å². The number of carbonyl (C=O) groups is 4. The molecule has 4 atom stereocenters. The lowest BCUT2D eigenvalue weighted by Gasteiger charge is -2.39. The summed E-state index contributed by atoms with van der Waals surface area (Å²) in [6.07, 6.45) is -3.79. The first kappa shape index (κ1) is 21.8. The Kier molecular flexibility index (Phi) is 9.00. The first-order valence-electron chi connectivity index (χ1n) is 8.28. The summed E-state index contributed by atoms with van der Waals surface area (Å²) < 4.78 is 26.6. The SMILES string of the molecule is CCCOC1CC(OC(=O)NC(C)=O)C(OC(C)=O)C(COC(C)=O)O1. The zero-order valence-corrected chi connectivity index (χ0v) is 15.3. The standard InChI is InChI=1S/C16H25NO9/c1-5-6-22-14-7-12(26-16(21)17-9(2)18)15(24-11(4)20)13(25-14)8-23-10(3)19/h12-15H,5-8H2,1-4H3,(H,17,18,21). The van der Waals surface area contributed by atoms with Crippen molar-refractivity contribution in [2.24, 2.45) is 0 Å². The Morgan fingerprint density at radius 3 is 2.31 bits per heavy atom. The van der Waals surface area contributed by atoms with Crippen LogP contribution in [0.25, 0.3) is 0 Å². The van der Waals surface area contributed by atoms with Crippen LogP contribution in [0.1, 0.15) is 40.5 Å². The Bertz CT molecular complexity index is 522.